The molecule has 0 unspecified atom stereocenters. The van der Waals surface area contributed by atoms with Gasteiger partial charge in [0.2, 0.25) is 0 Å². The maximum Gasteiger partial charge on any atom is 0.279 e. The molecule has 0 bridgehead atoms. The molecule has 2 N–H and O–H groups in total. The fourth-order valence-corrected chi connectivity index (χ4v) is 2.36. The van der Waals surface area contributed by atoms with Crippen molar-refractivity contribution in [2.45, 2.75) is 26.7 Å². The summed E-state index contributed by atoms with van der Waals surface area (Å²) in [6, 6.07) is 6.02. The fraction of sp³-hybridized carbons (Fsp3) is 0.500. The Bertz CT molecular complexity index is 409. The third-order valence-corrected chi connectivity index (χ3v) is 3.60. The normalized spacial score (nSPS) is 16.1. The van der Waals surface area contributed by atoms with Crippen molar-refractivity contribution in [3.05, 3.63) is 29.3 Å². The van der Waals surface area contributed by atoms with E-state index in [2.05, 4.69) is 18.3 Å². The molecule has 2 rings (SSSR count). The number of nitrogens with one attached hydrogen (secondary N) is 2. The van der Waals surface area contributed by atoms with Crippen LogP contribution in [0.15, 0.2) is 18.2 Å². The second-order valence-corrected chi connectivity index (χ2v) is 4.93. The number of anilines is 1. The van der Waals surface area contributed by atoms with Crippen LogP contribution < -0.4 is 10.2 Å². The van der Waals surface area contributed by atoms with Crippen molar-refractivity contribution in [3.63, 3.8) is 0 Å². The van der Waals surface area contributed by atoms with Gasteiger partial charge in [0.1, 0.15) is 0 Å². The Kier molecular flexibility index (Phi) is 3.79. The topological polar surface area (TPSA) is 33.5 Å². The number of hydrogen-bond donors (Lipinski definition) is 2. The van der Waals surface area contributed by atoms with Gasteiger partial charge in [-0.3, -0.25) is 4.79 Å². The molecule has 0 spiro atoms. The minimum Gasteiger partial charge on any atom is -0.327 e. The van der Waals surface area contributed by atoms with Crippen LogP contribution in [0.3, 0.4) is 0 Å². The van der Waals surface area contributed by atoms with Crippen LogP contribution in [0.1, 0.15) is 24.0 Å². The summed E-state index contributed by atoms with van der Waals surface area (Å²) < 4.78 is 0. The highest BCUT2D eigenvalue weighted by molar-refractivity contribution is 5.92. The third-order valence-electron chi connectivity index (χ3n) is 3.60. The maximum atomic E-state index is 11.9. The second-order valence-electron chi connectivity index (χ2n) is 4.93. The van der Waals surface area contributed by atoms with Gasteiger partial charge in [-0.1, -0.05) is 12.1 Å². The third kappa shape index (κ3) is 3.07. The zero-order chi connectivity index (χ0) is 12.3. The molecule has 1 fully saturated rings. The molecular formula is C14H21N2O+. The Morgan fingerprint density at radius 3 is 2.71 bits per heavy atom. The molecule has 1 aromatic rings. The number of likely N-dealkylation sites (tertiary alicyclic amines) is 1. The van der Waals surface area contributed by atoms with Crippen LogP contribution in [0, 0.1) is 13.8 Å². The Labute approximate surface area is 103 Å². The predicted octanol–water partition coefficient (Wildman–Crippen LogP) is 0.921. The van der Waals surface area contributed by atoms with E-state index in [0.29, 0.717) is 6.54 Å². The Morgan fingerprint density at radius 1 is 1.29 bits per heavy atom. The number of benzene rings is 1. The lowest BCUT2D eigenvalue weighted by Crippen LogP contribution is -3.11. The first-order valence-electron chi connectivity index (χ1n) is 6.36. The van der Waals surface area contributed by atoms with E-state index in [1.807, 2.05) is 19.1 Å². The molecule has 0 atom stereocenters. The molecular weight excluding hydrogens is 212 g/mol. The highest BCUT2D eigenvalue weighted by atomic mass is 16.2. The van der Waals surface area contributed by atoms with Gasteiger partial charge >= 0.3 is 0 Å². The summed E-state index contributed by atoms with van der Waals surface area (Å²) in [4.78, 5) is 13.3. The molecule has 1 aromatic carbocycles. The average molecular weight is 233 g/mol. The first-order valence-corrected chi connectivity index (χ1v) is 6.36. The van der Waals surface area contributed by atoms with Gasteiger partial charge in [0, 0.05) is 18.5 Å². The fourth-order valence-electron chi connectivity index (χ4n) is 2.36. The Balaban J connectivity index is 1.95. The highest BCUT2D eigenvalue weighted by Crippen LogP contribution is 2.17. The second kappa shape index (κ2) is 5.32. The Morgan fingerprint density at radius 2 is 2.00 bits per heavy atom. The van der Waals surface area contributed by atoms with Crippen molar-refractivity contribution >= 4 is 11.6 Å². The van der Waals surface area contributed by atoms with Gasteiger partial charge in [0.25, 0.3) is 5.91 Å². The summed E-state index contributed by atoms with van der Waals surface area (Å²) in [5.41, 5.74) is 3.34. The minimum absolute atomic E-state index is 0.135. The Hall–Kier alpha value is -1.35. The van der Waals surface area contributed by atoms with Gasteiger partial charge in [0.05, 0.1) is 13.1 Å². The molecule has 92 valence electrons. The van der Waals surface area contributed by atoms with E-state index < -0.39 is 0 Å². The summed E-state index contributed by atoms with van der Waals surface area (Å²) in [5.74, 6) is 0.135. The lowest BCUT2D eigenvalue weighted by molar-refractivity contribution is -0.878. The molecule has 1 saturated heterocycles. The van der Waals surface area contributed by atoms with E-state index in [0.717, 1.165) is 24.3 Å². The smallest absolute Gasteiger partial charge is 0.279 e. The van der Waals surface area contributed by atoms with E-state index in [9.17, 15) is 4.79 Å². The summed E-state index contributed by atoms with van der Waals surface area (Å²) in [6.07, 6.45) is 2.51. The van der Waals surface area contributed by atoms with Crippen molar-refractivity contribution in [2.24, 2.45) is 0 Å². The van der Waals surface area contributed by atoms with Crippen LogP contribution in [0.4, 0.5) is 5.69 Å². The zero-order valence-electron chi connectivity index (χ0n) is 10.7. The quantitative estimate of drug-likeness (QED) is 0.800. The molecule has 1 amide bonds. The van der Waals surface area contributed by atoms with Gasteiger partial charge in [-0.05, 0) is 31.0 Å². The first-order chi connectivity index (χ1) is 8.16. The zero-order valence-corrected chi connectivity index (χ0v) is 10.7. The largest absolute Gasteiger partial charge is 0.327 e. The lowest BCUT2D eigenvalue weighted by atomic mass is 10.1. The van der Waals surface area contributed by atoms with E-state index in [-0.39, 0.29) is 5.91 Å². The number of carbonyl (C=O) groups is 1. The molecule has 1 aliphatic rings. The molecule has 0 radical (unpaired) electrons. The standard InChI is InChI=1S/C14H20N2O/c1-11-6-5-7-13(12(11)2)15-14(17)10-16-8-3-4-9-16/h5-7H,3-4,8-10H2,1-2H3,(H,15,17)/p+1. The van der Waals surface area contributed by atoms with E-state index in [4.69, 9.17) is 0 Å². The maximum absolute atomic E-state index is 11.9. The molecule has 17 heavy (non-hydrogen) atoms. The molecule has 1 heterocycles. The summed E-state index contributed by atoms with van der Waals surface area (Å²) in [5, 5.41) is 3.02. The van der Waals surface area contributed by atoms with Gasteiger partial charge in [-0.15, -0.1) is 0 Å². The van der Waals surface area contributed by atoms with Gasteiger partial charge in [-0.2, -0.15) is 0 Å². The number of carbonyl (C=O) groups excluding carboxylic acids is 1. The van der Waals surface area contributed by atoms with E-state index in [1.165, 1.54) is 23.3 Å². The molecule has 1 aliphatic heterocycles. The predicted molar refractivity (Wildman–Crippen MR) is 69.3 cm³/mol. The van der Waals surface area contributed by atoms with Crippen molar-refractivity contribution < 1.29 is 9.69 Å². The molecule has 3 nitrogen and oxygen atoms in total. The molecule has 0 aliphatic carbocycles. The van der Waals surface area contributed by atoms with Gasteiger partial charge in [0.15, 0.2) is 6.54 Å². The number of aryl methyl sites for hydroxylation is 1. The van der Waals surface area contributed by atoms with Crippen molar-refractivity contribution in [3.8, 4) is 0 Å². The van der Waals surface area contributed by atoms with Crippen LogP contribution in [0.5, 0.6) is 0 Å². The summed E-state index contributed by atoms with van der Waals surface area (Å²) >= 11 is 0. The SMILES string of the molecule is Cc1cccc(NC(=O)C[NH+]2CCCC2)c1C. The summed E-state index contributed by atoms with van der Waals surface area (Å²) in [7, 11) is 0. The van der Waals surface area contributed by atoms with Gasteiger partial charge < -0.3 is 10.2 Å². The van der Waals surface area contributed by atoms with E-state index in [1.54, 1.807) is 0 Å². The van der Waals surface area contributed by atoms with Crippen LogP contribution in [-0.2, 0) is 4.79 Å². The van der Waals surface area contributed by atoms with Crippen molar-refractivity contribution in [1.82, 2.24) is 0 Å². The monoisotopic (exact) mass is 233 g/mol. The van der Waals surface area contributed by atoms with Crippen molar-refractivity contribution in [1.29, 1.82) is 0 Å². The summed E-state index contributed by atoms with van der Waals surface area (Å²) in [6.45, 7) is 7.00. The molecule has 3 heteroatoms. The van der Waals surface area contributed by atoms with Crippen LogP contribution in [0.25, 0.3) is 0 Å². The number of rotatable bonds is 3. The van der Waals surface area contributed by atoms with E-state index >= 15 is 0 Å². The van der Waals surface area contributed by atoms with Crippen LogP contribution in [-0.4, -0.2) is 25.5 Å². The molecule has 0 aromatic heterocycles. The van der Waals surface area contributed by atoms with Gasteiger partial charge in [-0.25, -0.2) is 0 Å². The van der Waals surface area contributed by atoms with Crippen LogP contribution in [0.2, 0.25) is 0 Å². The van der Waals surface area contributed by atoms with Crippen molar-refractivity contribution in [2.75, 3.05) is 25.0 Å². The average Bonchev–Trinajstić information content (AvgIpc) is 2.77. The lowest BCUT2D eigenvalue weighted by Gasteiger charge is -2.13. The first kappa shape index (κ1) is 12.1. The number of hydrogen-bond acceptors (Lipinski definition) is 1. The minimum atomic E-state index is 0.135. The number of quaternary nitrogens is 1. The molecule has 0 saturated carbocycles. The van der Waals surface area contributed by atoms with Crippen LogP contribution >= 0.6 is 0 Å². The highest BCUT2D eigenvalue weighted by Gasteiger charge is 2.19. The number of amides is 1.